The van der Waals surface area contributed by atoms with Crippen molar-refractivity contribution in [3.63, 3.8) is 0 Å². The van der Waals surface area contributed by atoms with E-state index in [0.717, 1.165) is 44.4 Å². The van der Waals surface area contributed by atoms with Crippen molar-refractivity contribution in [2.45, 2.75) is 77.5 Å². The van der Waals surface area contributed by atoms with E-state index in [-0.39, 0.29) is 18.8 Å². The second-order valence-electron chi connectivity index (χ2n) is 8.76. The predicted molar refractivity (Wildman–Crippen MR) is 104 cm³/mol. The van der Waals surface area contributed by atoms with Crippen LogP contribution in [-0.4, -0.2) is 32.5 Å². The van der Waals surface area contributed by atoms with Gasteiger partial charge in [-0.2, -0.15) is 0 Å². The van der Waals surface area contributed by atoms with E-state index in [1.807, 2.05) is 24.3 Å². The highest BCUT2D eigenvalue weighted by Crippen LogP contribution is 2.47. The highest BCUT2D eigenvalue weighted by Gasteiger charge is 2.52. The number of unbranched alkanes of at least 4 members (excludes halogenated alkanes) is 1. The molecule has 1 saturated heterocycles. The first-order valence-electron chi connectivity index (χ1n) is 9.94. The molecule has 2 unspecified atom stereocenters. The van der Waals surface area contributed by atoms with Gasteiger partial charge in [-0.25, -0.2) is 0 Å². The van der Waals surface area contributed by atoms with Gasteiger partial charge in [-0.3, -0.25) is 0 Å². The van der Waals surface area contributed by atoms with Gasteiger partial charge in [0.2, 0.25) is 0 Å². The van der Waals surface area contributed by atoms with Gasteiger partial charge in [-0.05, 0) is 62.0 Å². The summed E-state index contributed by atoms with van der Waals surface area (Å²) in [5.41, 5.74) is 1.43. The molecule has 1 aliphatic heterocycles. The summed E-state index contributed by atoms with van der Waals surface area (Å²) in [5.74, 6) is 0.878. The summed E-state index contributed by atoms with van der Waals surface area (Å²) >= 11 is 0. The minimum absolute atomic E-state index is 0.0412. The normalized spacial score (nSPS) is 27.4. The standard InChI is InChI=1S/C21H33BO4/c1-20(2)12-11-19-21(3,16-20)26-22(25-19)13-5-6-14-24-15-17-7-9-18(23-4)10-8-17/h7-10,19H,5-6,11-16H2,1-4H3. The molecule has 144 valence electrons. The molecule has 1 aromatic carbocycles. The Morgan fingerprint density at radius 3 is 2.65 bits per heavy atom. The fraction of sp³-hybridized carbons (Fsp3) is 0.714. The van der Waals surface area contributed by atoms with Crippen molar-refractivity contribution in [1.29, 1.82) is 0 Å². The summed E-state index contributed by atoms with van der Waals surface area (Å²) < 4.78 is 23.4. The lowest BCUT2D eigenvalue weighted by molar-refractivity contribution is -0.0297. The van der Waals surface area contributed by atoms with Gasteiger partial charge < -0.3 is 18.8 Å². The van der Waals surface area contributed by atoms with Crippen LogP contribution in [0.2, 0.25) is 6.32 Å². The Morgan fingerprint density at radius 1 is 1.15 bits per heavy atom. The highest BCUT2D eigenvalue weighted by atomic mass is 16.7. The molecule has 26 heavy (non-hydrogen) atoms. The zero-order valence-corrected chi connectivity index (χ0v) is 16.8. The summed E-state index contributed by atoms with van der Waals surface area (Å²) in [4.78, 5) is 0. The fourth-order valence-corrected chi connectivity index (χ4v) is 4.37. The maximum atomic E-state index is 6.31. The van der Waals surface area contributed by atoms with Crippen LogP contribution in [0.3, 0.4) is 0 Å². The summed E-state index contributed by atoms with van der Waals surface area (Å²) in [5, 5.41) is 0. The minimum Gasteiger partial charge on any atom is -0.497 e. The lowest BCUT2D eigenvalue weighted by atomic mass is 9.69. The third kappa shape index (κ3) is 5.02. The third-order valence-electron chi connectivity index (χ3n) is 5.72. The second kappa shape index (κ2) is 8.32. The van der Waals surface area contributed by atoms with E-state index >= 15 is 0 Å². The maximum absolute atomic E-state index is 6.31. The van der Waals surface area contributed by atoms with Crippen LogP contribution in [0.25, 0.3) is 0 Å². The van der Waals surface area contributed by atoms with Crippen LogP contribution in [0, 0.1) is 5.41 Å². The van der Waals surface area contributed by atoms with Gasteiger partial charge in [0.15, 0.2) is 0 Å². The molecule has 0 bridgehead atoms. The molecule has 1 saturated carbocycles. The minimum atomic E-state index is -0.0999. The van der Waals surface area contributed by atoms with Gasteiger partial charge >= 0.3 is 7.12 Å². The highest BCUT2D eigenvalue weighted by molar-refractivity contribution is 6.45. The van der Waals surface area contributed by atoms with Gasteiger partial charge in [0.1, 0.15) is 5.75 Å². The van der Waals surface area contributed by atoms with Crippen LogP contribution in [0.15, 0.2) is 24.3 Å². The summed E-state index contributed by atoms with van der Waals surface area (Å²) in [6.45, 7) is 8.33. The number of ether oxygens (including phenoxy) is 2. The van der Waals surface area contributed by atoms with Gasteiger partial charge in [-0.1, -0.05) is 32.4 Å². The SMILES string of the molecule is COc1ccc(COCCCCB2OC3CCC(C)(C)CC3(C)O2)cc1. The molecule has 1 aliphatic carbocycles. The summed E-state index contributed by atoms with van der Waals surface area (Å²) in [6.07, 6.45) is 6.76. The molecular weight excluding hydrogens is 327 g/mol. The van der Waals surface area contributed by atoms with E-state index in [2.05, 4.69) is 20.8 Å². The molecule has 4 nitrogen and oxygen atoms in total. The van der Waals surface area contributed by atoms with Gasteiger partial charge in [0.05, 0.1) is 25.4 Å². The molecule has 1 heterocycles. The quantitative estimate of drug-likeness (QED) is 0.490. The zero-order chi connectivity index (χ0) is 18.6. The van der Waals surface area contributed by atoms with Gasteiger partial charge in [0, 0.05) is 6.61 Å². The Morgan fingerprint density at radius 2 is 1.92 bits per heavy atom. The Kier molecular flexibility index (Phi) is 6.31. The maximum Gasteiger partial charge on any atom is 0.457 e. The number of rotatable bonds is 8. The van der Waals surface area contributed by atoms with E-state index in [9.17, 15) is 0 Å². The smallest absolute Gasteiger partial charge is 0.457 e. The Bertz CT molecular complexity index is 574. The van der Waals surface area contributed by atoms with Crippen molar-refractivity contribution in [2.24, 2.45) is 5.41 Å². The second-order valence-corrected chi connectivity index (χ2v) is 8.76. The molecule has 0 spiro atoms. The summed E-state index contributed by atoms with van der Waals surface area (Å²) in [6, 6.07) is 8.02. The van der Waals surface area contributed by atoms with E-state index in [4.69, 9.17) is 18.8 Å². The molecule has 3 rings (SSSR count). The lowest BCUT2D eigenvalue weighted by Gasteiger charge is -2.43. The Balaban J connectivity index is 1.31. The Hall–Kier alpha value is -1.04. The molecule has 5 heteroatoms. The number of benzene rings is 1. The largest absolute Gasteiger partial charge is 0.497 e. The van der Waals surface area contributed by atoms with Crippen LogP contribution < -0.4 is 4.74 Å². The van der Waals surface area contributed by atoms with Crippen LogP contribution in [0.4, 0.5) is 0 Å². The molecule has 2 aliphatic rings. The first-order chi connectivity index (χ1) is 12.4. The molecule has 0 amide bonds. The molecule has 1 aromatic rings. The van der Waals surface area contributed by atoms with E-state index < -0.39 is 0 Å². The van der Waals surface area contributed by atoms with Crippen molar-refractivity contribution < 1.29 is 18.8 Å². The Labute approximate surface area is 158 Å². The van der Waals surface area contributed by atoms with Crippen LogP contribution in [0.1, 0.15) is 58.4 Å². The van der Waals surface area contributed by atoms with Crippen molar-refractivity contribution in [2.75, 3.05) is 13.7 Å². The van der Waals surface area contributed by atoms with E-state index in [0.29, 0.717) is 12.0 Å². The lowest BCUT2D eigenvalue weighted by Crippen LogP contribution is -2.45. The molecule has 0 radical (unpaired) electrons. The molecule has 0 N–H and O–H groups in total. The fourth-order valence-electron chi connectivity index (χ4n) is 4.37. The first-order valence-corrected chi connectivity index (χ1v) is 9.94. The van der Waals surface area contributed by atoms with Crippen molar-refractivity contribution >= 4 is 7.12 Å². The molecule has 0 aromatic heterocycles. The van der Waals surface area contributed by atoms with Crippen molar-refractivity contribution in [3.05, 3.63) is 29.8 Å². The van der Waals surface area contributed by atoms with E-state index in [1.165, 1.54) is 12.0 Å². The molecular formula is C21H33BO4. The van der Waals surface area contributed by atoms with Crippen molar-refractivity contribution in [3.8, 4) is 5.75 Å². The number of fused-ring (bicyclic) bond motifs is 1. The van der Waals surface area contributed by atoms with E-state index in [1.54, 1.807) is 7.11 Å². The average Bonchev–Trinajstić information content (AvgIpc) is 2.92. The van der Waals surface area contributed by atoms with Crippen LogP contribution >= 0.6 is 0 Å². The number of hydrogen-bond acceptors (Lipinski definition) is 4. The van der Waals surface area contributed by atoms with Gasteiger partial charge in [-0.15, -0.1) is 0 Å². The number of methoxy groups -OCH3 is 1. The van der Waals surface area contributed by atoms with Crippen LogP contribution in [-0.2, 0) is 20.7 Å². The predicted octanol–water partition coefficient (Wildman–Crippen LogP) is 4.86. The summed E-state index contributed by atoms with van der Waals surface area (Å²) in [7, 11) is 1.64. The average molecular weight is 360 g/mol. The topological polar surface area (TPSA) is 36.9 Å². The molecule has 2 fully saturated rings. The monoisotopic (exact) mass is 360 g/mol. The molecule has 2 atom stereocenters. The van der Waals surface area contributed by atoms with Gasteiger partial charge in [0.25, 0.3) is 0 Å². The first kappa shape index (κ1) is 19.7. The van der Waals surface area contributed by atoms with Crippen LogP contribution in [0.5, 0.6) is 5.75 Å². The van der Waals surface area contributed by atoms with Crippen molar-refractivity contribution in [1.82, 2.24) is 0 Å². The number of hydrogen-bond donors (Lipinski definition) is 0. The zero-order valence-electron chi connectivity index (χ0n) is 16.8. The third-order valence-corrected chi connectivity index (χ3v) is 5.72.